The third-order valence-corrected chi connectivity index (χ3v) is 3.46. The molecule has 1 rings (SSSR count). The van der Waals surface area contributed by atoms with Crippen molar-refractivity contribution < 1.29 is 14.3 Å². The molecule has 1 heterocycles. The molecule has 162 valence electrons. The molecule has 28 heavy (non-hydrogen) atoms. The van der Waals surface area contributed by atoms with Crippen LogP contribution in [-0.4, -0.2) is 73.5 Å². The number of carbonyl (C=O) groups is 2. The summed E-state index contributed by atoms with van der Waals surface area (Å²) in [6.07, 6.45) is 1.57. The van der Waals surface area contributed by atoms with E-state index in [0.29, 0.717) is 37.5 Å². The number of ether oxygens (including phenoxy) is 1. The van der Waals surface area contributed by atoms with E-state index in [2.05, 4.69) is 10.3 Å². The molecular formula is C21H40N4O3. The number of carbonyl (C=O) groups excluding carboxylic acids is 2. The predicted molar refractivity (Wildman–Crippen MR) is 115 cm³/mol. The Bertz CT molecular complexity index is 536. The van der Waals surface area contributed by atoms with Gasteiger partial charge >= 0.3 is 5.97 Å². The highest BCUT2D eigenvalue weighted by Crippen LogP contribution is 2.04. The van der Waals surface area contributed by atoms with Crippen molar-refractivity contribution in [3.05, 3.63) is 29.6 Å². The van der Waals surface area contributed by atoms with E-state index < -0.39 is 0 Å². The molecular weight excluding hydrogens is 356 g/mol. The molecule has 0 aliphatic rings. The topological polar surface area (TPSA) is 74.8 Å². The molecule has 0 atom stereocenters. The van der Waals surface area contributed by atoms with Crippen LogP contribution >= 0.6 is 0 Å². The van der Waals surface area contributed by atoms with Gasteiger partial charge in [0.05, 0.1) is 24.4 Å². The molecule has 1 aromatic rings. The first-order valence-electron chi connectivity index (χ1n) is 10.2. The van der Waals surface area contributed by atoms with Crippen LogP contribution in [0, 0.1) is 0 Å². The quantitative estimate of drug-likeness (QED) is 0.613. The molecule has 0 bridgehead atoms. The van der Waals surface area contributed by atoms with Crippen molar-refractivity contribution in [2.75, 3.05) is 46.9 Å². The third kappa shape index (κ3) is 12.4. The van der Waals surface area contributed by atoms with Crippen molar-refractivity contribution in [1.82, 2.24) is 20.1 Å². The summed E-state index contributed by atoms with van der Waals surface area (Å²) in [5.74, 6) is -0.307. The third-order valence-electron chi connectivity index (χ3n) is 3.46. The number of esters is 1. The van der Waals surface area contributed by atoms with Gasteiger partial charge in [-0.15, -0.1) is 0 Å². The molecule has 7 heteroatoms. The molecule has 0 aliphatic heterocycles. The second-order valence-electron chi connectivity index (χ2n) is 5.64. The number of amides is 1. The summed E-state index contributed by atoms with van der Waals surface area (Å²) < 4.78 is 4.97. The van der Waals surface area contributed by atoms with Crippen LogP contribution < -0.4 is 5.32 Å². The Labute approximate surface area is 171 Å². The minimum Gasteiger partial charge on any atom is -0.462 e. The minimum absolute atomic E-state index is 0.0564. The highest BCUT2D eigenvalue weighted by Gasteiger charge is 2.12. The Balaban J connectivity index is 0. The van der Waals surface area contributed by atoms with Gasteiger partial charge in [-0.05, 0) is 40.1 Å². The van der Waals surface area contributed by atoms with Gasteiger partial charge in [-0.2, -0.15) is 0 Å². The van der Waals surface area contributed by atoms with Crippen molar-refractivity contribution in [2.45, 2.75) is 48.1 Å². The summed E-state index contributed by atoms with van der Waals surface area (Å²) in [4.78, 5) is 32.0. The Morgan fingerprint density at radius 1 is 1.11 bits per heavy atom. The molecule has 0 fully saturated rings. The Hall–Kier alpha value is -1.99. The van der Waals surface area contributed by atoms with Crippen LogP contribution in [0.15, 0.2) is 18.3 Å². The van der Waals surface area contributed by atoms with E-state index in [4.69, 9.17) is 4.74 Å². The van der Waals surface area contributed by atoms with Gasteiger partial charge in [0.1, 0.15) is 0 Å². The van der Waals surface area contributed by atoms with Crippen LogP contribution in [0.1, 0.15) is 57.6 Å². The summed E-state index contributed by atoms with van der Waals surface area (Å²) in [5, 5.41) is 3.08. The van der Waals surface area contributed by atoms with E-state index in [1.165, 1.54) is 0 Å². The normalized spacial score (nSPS) is 9.61. The molecule has 0 radical (unpaired) electrons. The van der Waals surface area contributed by atoms with Gasteiger partial charge in [0.15, 0.2) is 0 Å². The van der Waals surface area contributed by atoms with Crippen molar-refractivity contribution in [2.24, 2.45) is 0 Å². The van der Waals surface area contributed by atoms with Crippen molar-refractivity contribution in [3.8, 4) is 0 Å². The van der Waals surface area contributed by atoms with Gasteiger partial charge in [0, 0.05) is 32.4 Å². The number of hydrogen-bond acceptors (Lipinski definition) is 6. The molecule has 7 nitrogen and oxygen atoms in total. The summed E-state index contributed by atoms with van der Waals surface area (Å²) in [6, 6.07) is 3.30. The summed E-state index contributed by atoms with van der Waals surface area (Å²) >= 11 is 0. The molecule has 1 aromatic heterocycles. The number of hydrogen-bond donors (Lipinski definition) is 1. The summed E-state index contributed by atoms with van der Waals surface area (Å²) in [6.45, 7) is 15.0. The van der Waals surface area contributed by atoms with E-state index in [9.17, 15) is 9.59 Å². The number of nitrogens with zero attached hydrogens (tertiary/aromatic N) is 3. The number of nitrogens with one attached hydrogen (secondary N) is 1. The molecule has 0 saturated carbocycles. The smallest absolute Gasteiger partial charge is 0.338 e. The van der Waals surface area contributed by atoms with Gasteiger partial charge in [-0.25, -0.2) is 4.79 Å². The summed E-state index contributed by atoms with van der Waals surface area (Å²) in [7, 11) is 3.97. The lowest BCUT2D eigenvalue weighted by Crippen LogP contribution is -2.41. The molecule has 0 saturated heterocycles. The molecule has 0 spiro atoms. The second kappa shape index (κ2) is 18.4. The first-order valence-corrected chi connectivity index (χ1v) is 10.2. The number of likely N-dealkylation sites (N-methyl/N-ethyl adjacent to an activating group) is 2. The lowest BCUT2D eigenvalue weighted by Gasteiger charge is -2.23. The maximum absolute atomic E-state index is 12.2. The van der Waals surface area contributed by atoms with Crippen molar-refractivity contribution in [3.63, 3.8) is 0 Å². The van der Waals surface area contributed by atoms with Crippen LogP contribution in [0.4, 0.5) is 0 Å². The maximum Gasteiger partial charge on any atom is 0.338 e. The van der Waals surface area contributed by atoms with Crippen LogP contribution in [0.3, 0.4) is 0 Å². The Morgan fingerprint density at radius 2 is 1.75 bits per heavy atom. The average molecular weight is 397 g/mol. The van der Waals surface area contributed by atoms with Gasteiger partial charge in [0.2, 0.25) is 5.91 Å². The van der Waals surface area contributed by atoms with Crippen LogP contribution in [0.2, 0.25) is 0 Å². The van der Waals surface area contributed by atoms with Gasteiger partial charge in [0.25, 0.3) is 0 Å². The highest BCUT2D eigenvalue weighted by atomic mass is 16.5. The van der Waals surface area contributed by atoms with E-state index >= 15 is 0 Å². The van der Waals surface area contributed by atoms with Crippen LogP contribution in [0.25, 0.3) is 0 Å². The molecule has 0 aromatic carbocycles. The SMILES string of the molecule is CC.CC.CCOC(=O)c1ccnc(CNCC(=O)N(CC)CCN(C)C)c1. The van der Waals surface area contributed by atoms with Gasteiger partial charge in [-0.1, -0.05) is 27.7 Å². The Kier molecular flexibility index (Phi) is 18.5. The first-order chi connectivity index (χ1) is 13.5. The largest absolute Gasteiger partial charge is 0.462 e. The maximum atomic E-state index is 12.2. The van der Waals surface area contributed by atoms with Crippen LogP contribution in [0.5, 0.6) is 0 Å². The molecule has 0 unspecified atom stereocenters. The molecule has 1 N–H and O–H groups in total. The number of rotatable bonds is 10. The zero-order valence-corrected chi connectivity index (χ0v) is 19.0. The number of pyridine rings is 1. The fourth-order valence-corrected chi connectivity index (χ4v) is 2.11. The van der Waals surface area contributed by atoms with Crippen LogP contribution in [-0.2, 0) is 16.1 Å². The fourth-order valence-electron chi connectivity index (χ4n) is 2.11. The zero-order valence-electron chi connectivity index (χ0n) is 19.0. The zero-order chi connectivity index (χ0) is 21.9. The van der Waals surface area contributed by atoms with Crippen molar-refractivity contribution in [1.29, 1.82) is 0 Å². The average Bonchev–Trinajstić information content (AvgIpc) is 2.71. The van der Waals surface area contributed by atoms with E-state index in [-0.39, 0.29) is 18.4 Å². The van der Waals surface area contributed by atoms with Gasteiger partial charge < -0.3 is 19.9 Å². The minimum atomic E-state index is -0.363. The van der Waals surface area contributed by atoms with Crippen molar-refractivity contribution >= 4 is 11.9 Å². The Morgan fingerprint density at radius 3 is 2.29 bits per heavy atom. The second-order valence-corrected chi connectivity index (χ2v) is 5.64. The fraction of sp³-hybridized carbons (Fsp3) is 0.667. The standard InChI is InChI=1S/C17H28N4O3.2C2H6/c1-5-21(10-9-20(3)4)16(22)13-18-12-15-11-14(7-8-19-15)17(23)24-6-2;2*1-2/h7-8,11,18H,5-6,9-10,12-13H2,1-4H3;2*1-2H3. The van der Waals surface area contributed by atoms with E-state index in [1.807, 2.05) is 58.5 Å². The summed E-state index contributed by atoms with van der Waals surface area (Å²) in [5.41, 5.74) is 1.17. The lowest BCUT2D eigenvalue weighted by atomic mass is 10.2. The number of aromatic nitrogens is 1. The molecule has 1 amide bonds. The van der Waals surface area contributed by atoms with E-state index in [0.717, 1.165) is 6.54 Å². The van der Waals surface area contributed by atoms with E-state index in [1.54, 1.807) is 25.3 Å². The lowest BCUT2D eigenvalue weighted by molar-refractivity contribution is -0.130. The highest BCUT2D eigenvalue weighted by molar-refractivity contribution is 5.89. The molecule has 0 aliphatic carbocycles. The predicted octanol–water partition coefficient (Wildman–Crippen LogP) is 2.81. The monoisotopic (exact) mass is 396 g/mol. The van der Waals surface area contributed by atoms with Gasteiger partial charge in [-0.3, -0.25) is 9.78 Å². The first kappa shape index (κ1) is 28.2.